The molecule has 4 bridgehead atoms. The fourth-order valence-electron chi connectivity index (χ4n) is 4.43. The van der Waals surface area contributed by atoms with Crippen molar-refractivity contribution >= 4 is 22.8 Å². The number of nitrogens with zero attached hydrogens (tertiary/aromatic N) is 5. The number of hydrogen-bond acceptors (Lipinski definition) is 8. The monoisotopic (exact) mass is 447 g/mol. The Hall–Kier alpha value is -3.33. The normalized spacial score (nSPS) is 24.0. The second kappa shape index (κ2) is 8.90. The van der Waals surface area contributed by atoms with Crippen LogP contribution in [0.5, 0.6) is 5.75 Å². The number of carbonyl (C=O) groups excluding carboxylic acids is 1. The Kier molecular flexibility index (Phi) is 5.80. The molecule has 0 spiro atoms. The van der Waals surface area contributed by atoms with Gasteiger partial charge in [-0.1, -0.05) is 6.92 Å². The van der Waals surface area contributed by atoms with Gasteiger partial charge in [-0.15, -0.1) is 0 Å². The highest BCUT2D eigenvalue weighted by molar-refractivity contribution is 5.90. The van der Waals surface area contributed by atoms with Crippen molar-refractivity contribution in [1.82, 2.24) is 30.2 Å². The zero-order chi connectivity index (χ0) is 22.9. The van der Waals surface area contributed by atoms with Gasteiger partial charge in [-0.2, -0.15) is 0 Å². The lowest BCUT2D eigenvalue weighted by Gasteiger charge is -2.36. The molecule has 0 aliphatic carbocycles. The van der Waals surface area contributed by atoms with Crippen LogP contribution in [0, 0.1) is 12.8 Å². The average molecular weight is 448 g/mol. The number of ether oxygens (including phenoxy) is 1. The smallest absolute Gasteiger partial charge is 0.237 e. The fourth-order valence-corrected chi connectivity index (χ4v) is 4.43. The molecular weight excluding hydrogens is 418 g/mol. The van der Waals surface area contributed by atoms with E-state index in [0.29, 0.717) is 36.1 Å². The van der Waals surface area contributed by atoms with E-state index in [4.69, 9.17) is 9.72 Å². The van der Waals surface area contributed by atoms with Gasteiger partial charge in [-0.3, -0.25) is 14.7 Å². The number of nitrogens with one attached hydrogen (secondary N) is 2. The number of carbonyl (C=O) groups is 1. The molecule has 3 aromatic rings. The first-order valence-electron chi connectivity index (χ1n) is 11.4. The molecule has 5 rings (SSSR count). The van der Waals surface area contributed by atoms with Crippen LogP contribution in [0.25, 0.3) is 22.2 Å². The maximum atomic E-state index is 12.9. The molecule has 1 amide bonds. The Morgan fingerprint density at radius 3 is 2.79 bits per heavy atom. The summed E-state index contributed by atoms with van der Waals surface area (Å²) < 4.78 is 6.35. The minimum atomic E-state index is -0.163. The van der Waals surface area contributed by atoms with Crippen molar-refractivity contribution in [2.75, 3.05) is 32.1 Å². The predicted octanol–water partition coefficient (Wildman–Crippen LogP) is 2.41. The zero-order valence-electron chi connectivity index (χ0n) is 19.2. The van der Waals surface area contributed by atoms with Crippen molar-refractivity contribution < 1.29 is 9.53 Å². The van der Waals surface area contributed by atoms with Gasteiger partial charge in [0.15, 0.2) is 5.75 Å². The summed E-state index contributed by atoms with van der Waals surface area (Å²) in [5.41, 5.74) is 3.20. The molecule has 3 atom stereocenters. The van der Waals surface area contributed by atoms with Crippen LogP contribution in [0.4, 0.5) is 5.82 Å². The molecule has 1 unspecified atom stereocenters. The Morgan fingerprint density at radius 2 is 1.97 bits per heavy atom. The molecule has 33 heavy (non-hydrogen) atoms. The van der Waals surface area contributed by atoms with Gasteiger partial charge in [0.2, 0.25) is 5.91 Å². The number of hydrogen-bond donors (Lipinski definition) is 2. The summed E-state index contributed by atoms with van der Waals surface area (Å²) >= 11 is 0. The van der Waals surface area contributed by atoms with Gasteiger partial charge >= 0.3 is 0 Å². The molecule has 2 N–H and O–H groups in total. The highest BCUT2D eigenvalue weighted by Gasteiger charge is 2.32. The summed E-state index contributed by atoms with van der Waals surface area (Å²) in [5.74, 6) is 2.24. The standard InChI is InChI=1S/C24H29N7O2/c1-14-9-28-24(32)20-8-17(6-7-31(20)3)29-21-12-27-19-5-4-18(16-10-25-15(2)26-11-16)23(33-13-14)22(19)30-21/h4-5,10-12,14,17,20H,6-9,13H2,1-3H3,(H,28,32)(H,29,30)/t14?,17-,20-/m0/s1. The number of aryl methyl sites for hydroxylation is 1. The number of fused-ring (bicyclic) bond motifs is 3. The van der Waals surface area contributed by atoms with E-state index in [1.807, 2.05) is 26.1 Å². The molecule has 2 aromatic heterocycles. The highest BCUT2D eigenvalue weighted by atomic mass is 16.5. The van der Waals surface area contributed by atoms with Crippen LogP contribution in [-0.4, -0.2) is 69.6 Å². The van der Waals surface area contributed by atoms with Crippen molar-refractivity contribution in [3.63, 3.8) is 0 Å². The van der Waals surface area contributed by atoms with E-state index in [2.05, 4.69) is 37.4 Å². The molecule has 9 nitrogen and oxygen atoms in total. The van der Waals surface area contributed by atoms with Crippen molar-refractivity contribution in [3.8, 4) is 16.9 Å². The van der Waals surface area contributed by atoms with Crippen LogP contribution in [0.2, 0.25) is 0 Å². The van der Waals surface area contributed by atoms with Crippen molar-refractivity contribution in [2.45, 2.75) is 38.8 Å². The lowest BCUT2D eigenvalue weighted by atomic mass is 9.96. The summed E-state index contributed by atoms with van der Waals surface area (Å²) in [6.07, 6.45) is 7.00. The molecule has 4 heterocycles. The maximum absolute atomic E-state index is 12.9. The molecular formula is C24H29N7O2. The number of likely N-dealkylation sites (N-methyl/N-ethyl adjacent to an activating group) is 1. The minimum Gasteiger partial charge on any atom is -0.490 e. The quantitative estimate of drug-likeness (QED) is 0.586. The molecule has 0 saturated carbocycles. The Labute approximate surface area is 193 Å². The van der Waals surface area contributed by atoms with Crippen LogP contribution in [-0.2, 0) is 4.79 Å². The Balaban J connectivity index is 1.59. The van der Waals surface area contributed by atoms with Crippen molar-refractivity contribution in [3.05, 3.63) is 36.5 Å². The van der Waals surface area contributed by atoms with Gasteiger partial charge in [-0.25, -0.2) is 15.0 Å². The second-order valence-corrected chi connectivity index (χ2v) is 9.11. The third-order valence-electron chi connectivity index (χ3n) is 6.42. The summed E-state index contributed by atoms with van der Waals surface area (Å²) in [6, 6.07) is 3.91. The van der Waals surface area contributed by atoms with E-state index in [-0.39, 0.29) is 23.9 Å². The molecule has 1 aromatic carbocycles. The molecule has 2 aliphatic rings. The largest absolute Gasteiger partial charge is 0.490 e. The van der Waals surface area contributed by atoms with Crippen molar-refractivity contribution in [2.24, 2.45) is 5.92 Å². The number of amides is 1. The first-order valence-corrected chi connectivity index (χ1v) is 11.4. The van der Waals surface area contributed by atoms with Crippen LogP contribution in [0.15, 0.2) is 30.7 Å². The molecule has 172 valence electrons. The van der Waals surface area contributed by atoms with Crippen LogP contribution in [0.3, 0.4) is 0 Å². The first-order chi connectivity index (χ1) is 16.0. The maximum Gasteiger partial charge on any atom is 0.237 e. The predicted molar refractivity (Wildman–Crippen MR) is 126 cm³/mol. The number of anilines is 1. The van der Waals surface area contributed by atoms with Crippen LogP contribution >= 0.6 is 0 Å². The summed E-state index contributed by atoms with van der Waals surface area (Å²) in [4.78, 5) is 33.3. The third kappa shape index (κ3) is 4.45. The number of likely N-dealkylation sites (tertiary alicyclic amines) is 1. The lowest BCUT2D eigenvalue weighted by Crippen LogP contribution is -2.52. The lowest BCUT2D eigenvalue weighted by molar-refractivity contribution is -0.127. The van der Waals surface area contributed by atoms with E-state index in [1.54, 1.807) is 18.6 Å². The topological polar surface area (TPSA) is 105 Å². The third-order valence-corrected chi connectivity index (χ3v) is 6.42. The van der Waals surface area contributed by atoms with Gasteiger partial charge in [0, 0.05) is 48.6 Å². The molecule has 0 radical (unpaired) electrons. The van der Waals surface area contributed by atoms with Gasteiger partial charge in [-0.05, 0) is 38.9 Å². The van der Waals surface area contributed by atoms with Crippen LogP contribution in [0.1, 0.15) is 25.6 Å². The minimum absolute atomic E-state index is 0.0624. The van der Waals surface area contributed by atoms with E-state index in [9.17, 15) is 4.79 Å². The number of aromatic nitrogens is 4. The molecule has 9 heteroatoms. The molecule has 1 fully saturated rings. The van der Waals surface area contributed by atoms with Crippen molar-refractivity contribution in [1.29, 1.82) is 0 Å². The second-order valence-electron chi connectivity index (χ2n) is 9.11. The van der Waals surface area contributed by atoms with Crippen LogP contribution < -0.4 is 15.4 Å². The number of piperidine rings is 1. The van der Waals surface area contributed by atoms with E-state index in [1.165, 1.54) is 0 Å². The van der Waals surface area contributed by atoms with E-state index >= 15 is 0 Å². The van der Waals surface area contributed by atoms with Gasteiger partial charge in [0.25, 0.3) is 0 Å². The van der Waals surface area contributed by atoms with E-state index in [0.717, 1.165) is 36.0 Å². The van der Waals surface area contributed by atoms with Gasteiger partial charge in [0.1, 0.15) is 17.2 Å². The molecule has 2 aliphatic heterocycles. The van der Waals surface area contributed by atoms with Gasteiger partial charge in [0.05, 0.1) is 24.4 Å². The SMILES string of the molecule is Cc1ncc(-c2ccc3ncc4nc3c2OCC(C)CNC(=O)[C@@H]2C[C@H](CCN2C)N4)cn1. The Bertz CT molecular complexity index is 1170. The number of rotatable bonds is 1. The zero-order valence-corrected chi connectivity index (χ0v) is 19.2. The summed E-state index contributed by atoms with van der Waals surface area (Å²) in [7, 11) is 2.01. The summed E-state index contributed by atoms with van der Waals surface area (Å²) in [6.45, 7) is 5.75. The fraction of sp³-hybridized carbons (Fsp3) is 0.458. The first kappa shape index (κ1) is 21.5. The highest BCUT2D eigenvalue weighted by Crippen LogP contribution is 2.36. The summed E-state index contributed by atoms with van der Waals surface area (Å²) in [5, 5.41) is 6.63. The number of benzene rings is 1. The molecule has 1 saturated heterocycles. The van der Waals surface area contributed by atoms with Gasteiger partial charge < -0.3 is 15.4 Å². The Morgan fingerprint density at radius 1 is 1.15 bits per heavy atom. The van der Waals surface area contributed by atoms with E-state index < -0.39 is 0 Å². The average Bonchev–Trinajstić information content (AvgIpc) is 2.82.